The Labute approximate surface area is 170 Å². The van der Waals surface area contributed by atoms with Crippen molar-refractivity contribution in [2.75, 3.05) is 13.1 Å². The Morgan fingerprint density at radius 1 is 1.19 bits per heavy atom. The van der Waals surface area contributed by atoms with Crippen LogP contribution < -0.4 is 10.6 Å². The second-order valence-corrected chi connectivity index (χ2v) is 6.07. The van der Waals surface area contributed by atoms with Gasteiger partial charge in [-0.15, -0.1) is 35.3 Å². The molecule has 2 N–H and O–H groups in total. The third-order valence-electron chi connectivity index (χ3n) is 3.15. The van der Waals surface area contributed by atoms with Crippen molar-refractivity contribution < 1.29 is 17.6 Å². The van der Waals surface area contributed by atoms with Gasteiger partial charge in [-0.1, -0.05) is 12.1 Å². The molecule has 0 unspecified atom stereocenters. The van der Waals surface area contributed by atoms with Crippen molar-refractivity contribution in [1.82, 2.24) is 15.6 Å². The number of halogens is 5. The van der Waals surface area contributed by atoms with E-state index in [2.05, 4.69) is 20.6 Å². The first-order chi connectivity index (χ1) is 11.9. The lowest BCUT2D eigenvalue weighted by molar-refractivity contribution is -0.140. The summed E-state index contributed by atoms with van der Waals surface area (Å²) in [4.78, 5) is 7.95. The lowest BCUT2D eigenvalue weighted by atomic mass is 10.2. The maximum Gasteiger partial charge on any atom is 0.434 e. The molecule has 0 aliphatic rings. The molecule has 0 aliphatic heterocycles. The zero-order valence-electron chi connectivity index (χ0n) is 13.9. The zero-order valence-corrected chi connectivity index (χ0v) is 17.1. The van der Waals surface area contributed by atoms with Gasteiger partial charge < -0.3 is 10.6 Å². The molecule has 4 nitrogen and oxygen atoms in total. The SMILES string of the molecule is CCNC(=NCc1ccc(F)cc1)NCCc1nc(C(F)(F)F)cs1.I. The Morgan fingerprint density at radius 2 is 1.88 bits per heavy atom. The summed E-state index contributed by atoms with van der Waals surface area (Å²) in [5.74, 6) is 0.235. The van der Waals surface area contributed by atoms with Gasteiger partial charge in [0, 0.05) is 24.9 Å². The van der Waals surface area contributed by atoms with Crippen LogP contribution in [0.25, 0.3) is 0 Å². The third kappa shape index (κ3) is 7.44. The first-order valence-electron chi connectivity index (χ1n) is 7.66. The Hall–Kier alpha value is -1.43. The van der Waals surface area contributed by atoms with Crippen LogP contribution in [0.2, 0.25) is 0 Å². The molecule has 1 heterocycles. The number of benzene rings is 1. The first kappa shape index (κ1) is 22.6. The molecule has 0 radical (unpaired) electrons. The fourth-order valence-electron chi connectivity index (χ4n) is 1.95. The molecular weight excluding hydrogens is 483 g/mol. The van der Waals surface area contributed by atoms with E-state index in [9.17, 15) is 17.6 Å². The van der Waals surface area contributed by atoms with Gasteiger partial charge >= 0.3 is 6.18 Å². The van der Waals surface area contributed by atoms with Crippen LogP contribution in [0.5, 0.6) is 0 Å². The van der Waals surface area contributed by atoms with E-state index in [1.165, 1.54) is 12.1 Å². The number of aromatic nitrogens is 1. The summed E-state index contributed by atoms with van der Waals surface area (Å²) in [6.45, 7) is 3.32. The van der Waals surface area contributed by atoms with Gasteiger partial charge in [0.2, 0.25) is 0 Å². The molecule has 2 aromatic rings. The minimum Gasteiger partial charge on any atom is -0.357 e. The van der Waals surface area contributed by atoms with Crippen molar-refractivity contribution in [2.24, 2.45) is 4.99 Å². The summed E-state index contributed by atoms with van der Waals surface area (Å²) in [6, 6.07) is 6.03. The largest absolute Gasteiger partial charge is 0.434 e. The van der Waals surface area contributed by atoms with Crippen LogP contribution in [0.3, 0.4) is 0 Å². The lowest BCUT2D eigenvalue weighted by Crippen LogP contribution is -2.38. The van der Waals surface area contributed by atoms with E-state index in [0.29, 0.717) is 37.0 Å². The molecule has 0 bridgehead atoms. The number of nitrogens with one attached hydrogen (secondary N) is 2. The van der Waals surface area contributed by atoms with E-state index in [-0.39, 0.29) is 29.8 Å². The molecule has 0 spiro atoms. The average Bonchev–Trinajstić information content (AvgIpc) is 3.03. The Kier molecular flexibility index (Phi) is 9.27. The number of guanidine groups is 1. The summed E-state index contributed by atoms with van der Waals surface area (Å²) in [6.07, 6.45) is -4.05. The van der Waals surface area contributed by atoms with Crippen LogP contribution in [-0.2, 0) is 19.1 Å². The van der Waals surface area contributed by atoms with Crippen molar-refractivity contribution in [3.63, 3.8) is 0 Å². The van der Waals surface area contributed by atoms with Gasteiger partial charge in [-0.25, -0.2) is 14.4 Å². The van der Waals surface area contributed by atoms with E-state index >= 15 is 0 Å². The molecule has 0 aliphatic carbocycles. The molecule has 0 fully saturated rings. The van der Waals surface area contributed by atoms with E-state index in [0.717, 1.165) is 22.3 Å². The van der Waals surface area contributed by atoms with Gasteiger partial charge in [-0.05, 0) is 24.6 Å². The van der Waals surface area contributed by atoms with Crippen LogP contribution in [0.15, 0.2) is 34.6 Å². The second-order valence-electron chi connectivity index (χ2n) is 5.12. The maximum absolute atomic E-state index is 12.9. The summed E-state index contributed by atoms with van der Waals surface area (Å²) in [5, 5.41) is 7.53. The number of alkyl halides is 3. The molecule has 0 saturated heterocycles. The standard InChI is InChI=1S/C16H18F4N4S.HI/c1-2-21-15(23-9-11-3-5-12(17)6-4-11)22-8-7-14-24-13(10-25-14)16(18,19)20;/h3-6,10H,2,7-9H2,1H3,(H2,21,22,23);1H. The number of hydrogen-bond donors (Lipinski definition) is 2. The van der Waals surface area contributed by atoms with Crippen LogP contribution in [0, 0.1) is 5.82 Å². The molecule has 10 heteroatoms. The first-order valence-corrected chi connectivity index (χ1v) is 8.54. The highest BCUT2D eigenvalue weighted by molar-refractivity contribution is 14.0. The van der Waals surface area contributed by atoms with Crippen molar-refractivity contribution in [3.8, 4) is 0 Å². The highest BCUT2D eigenvalue weighted by Crippen LogP contribution is 2.29. The summed E-state index contributed by atoms with van der Waals surface area (Å²) in [5.41, 5.74) is -0.00210. The predicted molar refractivity (Wildman–Crippen MR) is 105 cm³/mol. The molecule has 2 rings (SSSR count). The minimum absolute atomic E-state index is 0. The third-order valence-corrected chi connectivity index (χ3v) is 4.06. The molecule has 0 atom stereocenters. The number of thiazole rings is 1. The predicted octanol–water partition coefficient (Wildman–Crippen LogP) is 4.22. The summed E-state index contributed by atoms with van der Waals surface area (Å²) in [7, 11) is 0. The fraction of sp³-hybridized carbons (Fsp3) is 0.375. The van der Waals surface area contributed by atoms with Crippen LogP contribution >= 0.6 is 35.3 Å². The van der Waals surface area contributed by atoms with Crippen LogP contribution in [0.1, 0.15) is 23.2 Å². The maximum atomic E-state index is 12.9. The normalized spacial score (nSPS) is 11.8. The van der Waals surface area contributed by atoms with Gasteiger partial charge in [-0.3, -0.25) is 0 Å². The highest BCUT2D eigenvalue weighted by atomic mass is 127. The number of hydrogen-bond acceptors (Lipinski definition) is 3. The molecule has 144 valence electrons. The minimum atomic E-state index is -4.41. The number of rotatable bonds is 6. The second kappa shape index (κ2) is 10.7. The molecule has 26 heavy (non-hydrogen) atoms. The molecule has 1 aromatic carbocycles. The Bertz CT molecular complexity index is 701. The van der Waals surface area contributed by atoms with Crippen LogP contribution in [0.4, 0.5) is 17.6 Å². The van der Waals surface area contributed by atoms with Crippen molar-refractivity contribution in [3.05, 3.63) is 51.7 Å². The number of nitrogens with zero attached hydrogens (tertiary/aromatic N) is 2. The van der Waals surface area contributed by atoms with E-state index < -0.39 is 11.9 Å². The summed E-state index contributed by atoms with van der Waals surface area (Å²) < 4.78 is 50.4. The smallest absolute Gasteiger partial charge is 0.357 e. The topological polar surface area (TPSA) is 49.3 Å². The lowest BCUT2D eigenvalue weighted by Gasteiger charge is -2.10. The molecule has 0 saturated carbocycles. The number of aliphatic imine (C=N–C) groups is 1. The zero-order chi connectivity index (χ0) is 18.3. The average molecular weight is 502 g/mol. The van der Waals surface area contributed by atoms with Crippen molar-refractivity contribution in [1.29, 1.82) is 0 Å². The van der Waals surface area contributed by atoms with Gasteiger partial charge in [0.25, 0.3) is 0 Å². The van der Waals surface area contributed by atoms with Crippen LogP contribution in [-0.4, -0.2) is 24.0 Å². The highest BCUT2D eigenvalue weighted by Gasteiger charge is 2.33. The van der Waals surface area contributed by atoms with E-state index in [4.69, 9.17) is 0 Å². The fourth-order valence-corrected chi connectivity index (χ4v) is 2.75. The Balaban J connectivity index is 0.00000338. The summed E-state index contributed by atoms with van der Waals surface area (Å²) >= 11 is 0.986. The molecule has 1 aromatic heterocycles. The van der Waals surface area contributed by atoms with Gasteiger partial charge in [0.15, 0.2) is 11.7 Å². The molecular formula is C16H19F4IN4S. The van der Waals surface area contributed by atoms with Gasteiger partial charge in [0.1, 0.15) is 5.82 Å². The molecule has 0 amide bonds. The quantitative estimate of drug-likeness (QED) is 0.269. The van der Waals surface area contributed by atoms with E-state index in [1.807, 2.05) is 6.92 Å². The monoisotopic (exact) mass is 502 g/mol. The van der Waals surface area contributed by atoms with E-state index in [1.54, 1.807) is 12.1 Å². The van der Waals surface area contributed by atoms with Gasteiger partial charge in [0.05, 0.1) is 11.6 Å². The van der Waals surface area contributed by atoms with Gasteiger partial charge in [-0.2, -0.15) is 13.2 Å². The Morgan fingerprint density at radius 3 is 2.46 bits per heavy atom. The van der Waals surface area contributed by atoms with Crippen molar-refractivity contribution >= 4 is 41.3 Å². The van der Waals surface area contributed by atoms with Crippen molar-refractivity contribution in [2.45, 2.75) is 26.1 Å².